The lowest BCUT2D eigenvalue weighted by Gasteiger charge is -2.14. The minimum atomic E-state index is -4.06. The molecule has 2 amide bonds. The molecule has 2 N–H and O–H groups in total. The molecule has 0 saturated heterocycles. The smallest absolute Gasteiger partial charge is 0.273 e. The molecule has 0 aromatic heterocycles. The molecule has 0 unspecified atom stereocenters. The van der Waals surface area contributed by atoms with Crippen molar-refractivity contribution < 1.29 is 18.0 Å². The number of rotatable bonds is 2. The molecular weight excluding hydrogens is 244 g/mol. The number of fused-ring (bicyclic) bond motifs is 1. The van der Waals surface area contributed by atoms with Crippen LogP contribution in [0.5, 0.6) is 0 Å². The van der Waals surface area contributed by atoms with Gasteiger partial charge in [-0.15, -0.1) is 0 Å². The fraction of sp³-hybridized carbons (Fsp3) is 0. The molecule has 1 heterocycles. The number of primary amides is 1. The van der Waals surface area contributed by atoms with Gasteiger partial charge in [0, 0.05) is 0 Å². The first-order valence-corrected chi connectivity index (χ1v) is 5.99. The predicted octanol–water partition coefficient (Wildman–Crippen LogP) is -0.170. The van der Waals surface area contributed by atoms with Crippen LogP contribution in [0, 0.1) is 0 Å². The van der Waals surface area contributed by atoms with Gasteiger partial charge in [0.25, 0.3) is 21.8 Å². The van der Waals surface area contributed by atoms with Crippen LogP contribution in [-0.4, -0.2) is 24.5 Å². The van der Waals surface area contributed by atoms with Gasteiger partial charge in [0.15, 0.2) is 0 Å². The highest BCUT2D eigenvalue weighted by molar-refractivity contribution is 7.90. The molecule has 0 aliphatic carbocycles. The maximum absolute atomic E-state index is 12.0. The van der Waals surface area contributed by atoms with Crippen molar-refractivity contribution >= 4 is 21.8 Å². The average Bonchev–Trinajstić information content (AvgIpc) is 2.47. The zero-order valence-electron chi connectivity index (χ0n) is 8.58. The van der Waals surface area contributed by atoms with E-state index in [0.717, 1.165) is 0 Å². The summed E-state index contributed by atoms with van der Waals surface area (Å²) in [6, 6.07) is 5.67. The monoisotopic (exact) mass is 252 g/mol. The standard InChI is InChI=1S/C10H8N2O4S/c1-6(9(11)13)12-10(14)7-4-2-3-5-8(7)17(12,15)16/h2-5H,1H2,(H2,11,13). The van der Waals surface area contributed by atoms with Crippen LogP contribution in [0.15, 0.2) is 41.4 Å². The quantitative estimate of drug-likeness (QED) is 0.739. The first-order valence-electron chi connectivity index (χ1n) is 4.55. The van der Waals surface area contributed by atoms with Gasteiger partial charge >= 0.3 is 0 Å². The van der Waals surface area contributed by atoms with E-state index >= 15 is 0 Å². The normalized spacial score (nSPS) is 16.7. The molecule has 88 valence electrons. The maximum Gasteiger partial charge on any atom is 0.273 e. The number of amides is 2. The molecule has 7 heteroatoms. The number of carbonyl (C=O) groups excluding carboxylic acids is 2. The number of hydrogen-bond acceptors (Lipinski definition) is 4. The molecule has 17 heavy (non-hydrogen) atoms. The summed E-state index contributed by atoms with van der Waals surface area (Å²) in [4.78, 5) is 22.6. The molecule has 0 fully saturated rings. The van der Waals surface area contributed by atoms with Crippen molar-refractivity contribution in [2.75, 3.05) is 0 Å². The molecule has 2 rings (SSSR count). The van der Waals surface area contributed by atoms with E-state index < -0.39 is 27.5 Å². The van der Waals surface area contributed by atoms with Crippen molar-refractivity contribution in [2.45, 2.75) is 4.90 Å². The second-order valence-corrected chi connectivity index (χ2v) is 5.14. The van der Waals surface area contributed by atoms with E-state index in [9.17, 15) is 18.0 Å². The van der Waals surface area contributed by atoms with Crippen molar-refractivity contribution in [1.82, 2.24) is 4.31 Å². The second-order valence-electron chi connectivity index (χ2n) is 3.38. The van der Waals surface area contributed by atoms with Gasteiger partial charge in [-0.1, -0.05) is 18.7 Å². The van der Waals surface area contributed by atoms with E-state index in [0.29, 0.717) is 4.31 Å². The number of nitrogens with zero attached hydrogens (tertiary/aromatic N) is 1. The Bertz CT molecular complexity index is 648. The van der Waals surface area contributed by atoms with Crippen LogP contribution in [0.4, 0.5) is 0 Å². The molecule has 1 aromatic carbocycles. The van der Waals surface area contributed by atoms with Gasteiger partial charge in [0.05, 0.1) is 5.56 Å². The number of sulfonamides is 1. The minimum absolute atomic E-state index is 0.00917. The summed E-state index contributed by atoms with van der Waals surface area (Å²) in [5.41, 5.74) is 4.38. The van der Waals surface area contributed by atoms with Crippen LogP contribution in [0.2, 0.25) is 0 Å². The Morgan fingerprint density at radius 1 is 1.29 bits per heavy atom. The fourth-order valence-corrected chi connectivity index (χ4v) is 3.13. The van der Waals surface area contributed by atoms with Crippen LogP contribution < -0.4 is 5.73 Å². The van der Waals surface area contributed by atoms with E-state index in [1.54, 1.807) is 0 Å². The molecular formula is C10H8N2O4S. The first-order chi connectivity index (χ1) is 7.87. The number of carbonyl (C=O) groups is 2. The van der Waals surface area contributed by atoms with Gasteiger partial charge in [0.1, 0.15) is 10.6 Å². The lowest BCUT2D eigenvalue weighted by atomic mass is 10.2. The largest absolute Gasteiger partial charge is 0.364 e. The Morgan fingerprint density at radius 3 is 2.41 bits per heavy atom. The van der Waals surface area contributed by atoms with E-state index in [2.05, 4.69) is 6.58 Å². The molecule has 1 aromatic rings. The third-order valence-electron chi connectivity index (χ3n) is 2.35. The minimum Gasteiger partial charge on any atom is -0.364 e. The third kappa shape index (κ3) is 1.43. The van der Waals surface area contributed by atoms with Crippen molar-refractivity contribution in [3.63, 3.8) is 0 Å². The van der Waals surface area contributed by atoms with Crippen molar-refractivity contribution in [1.29, 1.82) is 0 Å². The average molecular weight is 252 g/mol. The van der Waals surface area contributed by atoms with E-state index in [1.165, 1.54) is 24.3 Å². The highest BCUT2D eigenvalue weighted by atomic mass is 32.2. The Kier molecular flexibility index (Phi) is 2.28. The fourth-order valence-electron chi connectivity index (χ4n) is 1.55. The van der Waals surface area contributed by atoms with E-state index in [4.69, 9.17) is 5.73 Å². The van der Waals surface area contributed by atoms with Crippen LogP contribution >= 0.6 is 0 Å². The molecule has 1 aliphatic heterocycles. The highest BCUT2D eigenvalue weighted by Gasteiger charge is 2.43. The lowest BCUT2D eigenvalue weighted by Crippen LogP contribution is -2.35. The third-order valence-corrected chi connectivity index (χ3v) is 4.13. The first kappa shape index (κ1) is 11.3. The summed E-state index contributed by atoms with van der Waals surface area (Å²) in [6.45, 7) is 3.22. The number of benzene rings is 1. The summed E-state index contributed by atoms with van der Waals surface area (Å²) in [5, 5.41) is 0. The lowest BCUT2D eigenvalue weighted by molar-refractivity contribution is -0.115. The Hall–Kier alpha value is -2.15. The predicted molar refractivity (Wildman–Crippen MR) is 58.1 cm³/mol. The van der Waals surface area contributed by atoms with Crippen molar-refractivity contribution in [2.24, 2.45) is 5.73 Å². The summed E-state index contributed by atoms with van der Waals surface area (Å²) in [6.07, 6.45) is 0. The van der Waals surface area contributed by atoms with Gasteiger partial charge in [-0.2, -0.15) is 4.31 Å². The zero-order chi connectivity index (χ0) is 12.8. The summed E-state index contributed by atoms with van der Waals surface area (Å²) in [5.74, 6) is -1.88. The van der Waals surface area contributed by atoms with Gasteiger partial charge in [-0.25, -0.2) is 8.42 Å². The number of nitrogens with two attached hydrogens (primary N) is 1. The van der Waals surface area contributed by atoms with Crippen LogP contribution in [0.25, 0.3) is 0 Å². The van der Waals surface area contributed by atoms with Gasteiger partial charge in [-0.3, -0.25) is 9.59 Å². The second kappa shape index (κ2) is 3.42. The van der Waals surface area contributed by atoms with Crippen molar-refractivity contribution in [3.05, 3.63) is 42.1 Å². The Morgan fingerprint density at radius 2 is 1.88 bits per heavy atom. The molecule has 0 radical (unpaired) electrons. The van der Waals surface area contributed by atoms with Crippen LogP contribution in [-0.2, 0) is 14.8 Å². The van der Waals surface area contributed by atoms with Crippen molar-refractivity contribution in [3.8, 4) is 0 Å². The highest BCUT2D eigenvalue weighted by Crippen LogP contribution is 2.32. The summed E-state index contributed by atoms with van der Waals surface area (Å²) in [7, 11) is -4.06. The summed E-state index contributed by atoms with van der Waals surface area (Å²) >= 11 is 0. The van der Waals surface area contributed by atoms with Gasteiger partial charge in [0.2, 0.25) is 0 Å². The van der Waals surface area contributed by atoms with E-state index in [1.807, 2.05) is 0 Å². The Balaban J connectivity index is 2.67. The van der Waals surface area contributed by atoms with Gasteiger partial charge in [-0.05, 0) is 12.1 Å². The maximum atomic E-state index is 12.0. The molecule has 0 bridgehead atoms. The van der Waals surface area contributed by atoms with E-state index in [-0.39, 0.29) is 10.5 Å². The molecule has 0 spiro atoms. The van der Waals surface area contributed by atoms with Crippen LogP contribution in [0.1, 0.15) is 10.4 Å². The molecule has 0 saturated carbocycles. The summed E-state index contributed by atoms with van der Waals surface area (Å²) < 4.78 is 24.3. The SMILES string of the molecule is C=C(C(N)=O)N1C(=O)c2ccccc2S1(=O)=O. The zero-order valence-corrected chi connectivity index (χ0v) is 9.40. The molecule has 0 atom stereocenters. The van der Waals surface area contributed by atoms with Crippen LogP contribution in [0.3, 0.4) is 0 Å². The Labute approximate surface area is 97.4 Å². The topological polar surface area (TPSA) is 97.5 Å². The molecule has 1 aliphatic rings. The number of hydrogen-bond donors (Lipinski definition) is 1. The van der Waals surface area contributed by atoms with Gasteiger partial charge < -0.3 is 5.73 Å². The molecule has 6 nitrogen and oxygen atoms in total.